The summed E-state index contributed by atoms with van der Waals surface area (Å²) in [6, 6.07) is 0. The average Bonchev–Trinajstić information content (AvgIpc) is 2.64. The second kappa shape index (κ2) is 9.48. The summed E-state index contributed by atoms with van der Waals surface area (Å²) in [6.45, 7) is 6.64. The van der Waals surface area contributed by atoms with Crippen LogP contribution in [0.5, 0.6) is 0 Å². The molecule has 0 unspecified atom stereocenters. The number of carbonyl (C=O) groups is 1. The number of ether oxygens (including phenoxy) is 1. The first-order chi connectivity index (χ1) is 11.7. The van der Waals surface area contributed by atoms with E-state index in [9.17, 15) is 9.90 Å². The van der Waals surface area contributed by atoms with Gasteiger partial charge in [0.25, 0.3) is 0 Å². The van der Waals surface area contributed by atoms with Crippen LogP contribution in [0.15, 0.2) is 0 Å². The second-order valence-electron chi connectivity index (χ2n) is 7.29. The molecule has 2 saturated heterocycles. The van der Waals surface area contributed by atoms with Crippen LogP contribution in [0.2, 0.25) is 0 Å². The summed E-state index contributed by atoms with van der Waals surface area (Å²) in [5.74, 6) is 0.227. The zero-order chi connectivity index (χ0) is 17.0. The fourth-order valence-corrected chi connectivity index (χ4v) is 4.33. The topological polar surface area (TPSA) is 85.3 Å². The van der Waals surface area contributed by atoms with E-state index in [0.717, 1.165) is 45.6 Å². The maximum atomic E-state index is 12.5. The van der Waals surface area contributed by atoms with Crippen LogP contribution in [0.25, 0.3) is 0 Å². The molecule has 0 aromatic heterocycles. The minimum Gasteiger partial charge on any atom is -0.394 e. The van der Waals surface area contributed by atoms with Gasteiger partial charge in [0.15, 0.2) is 0 Å². The average molecular weight is 378 g/mol. The minimum absolute atomic E-state index is 0. The Morgan fingerprint density at radius 2 is 1.88 bits per heavy atom. The molecule has 0 radical (unpaired) electrons. The quantitative estimate of drug-likeness (QED) is 0.576. The number of carbonyl (C=O) groups excluding carboxylic acids is 1. The monoisotopic (exact) mass is 377 g/mol. The number of likely N-dealkylation sites (tertiary alicyclic amines) is 1. The Labute approximate surface area is 156 Å². The molecule has 7 nitrogen and oxygen atoms in total. The summed E-state index contributed by atoms with van der Waals surface area (Å²) in [6.07, 6.45) is 2.52. The normalized spacial score (nSPS) is 29.1. The van der Waals surface area contributed by atoms with Crippen molar-refractivity contribution in [2.75, 3.05) is 59.0 Å². The van der Waals surface area contributed by atoms with Crippen molar-refractivity contribution in [3.63, 3.8) is 0 Å². The number of hydrogen-bond donors (Lipinski definition) is 3. The van der Waals surface area contributed by atoms with Crippen molar-refractivity contribution >= 4 is 18.3 Å². The summed E-state index contributed by atoms with van der Waals surface area (Å²) in [7, 11) is 0. The van der Waals surface area contributed by atoms with Gasteiger partial charge in [-0.05, 0) is 12.8 Å². The van der Waals surface area contributed by atoms with E-state index in [1.54, 1.807) is 0 Å². The third-order valence-corrected chi connectivity index (χ3v) is 6.05. The standard InChI is InChI=1S/C17H31N3O4.ClH/c21-11-12-24-15-13-14(22)17(15)2-7-20(8-3-17)16(23)1-6-19-9-4-18-5-10-19;/h14-15,18,21-22H,1-13H2;1H/t14-,15+;/m1./s1. The summed E-state index contributed by atoms with van der Waals surface area (Å²) in [5.41, 5.74) is -0.204. The van der Waals surface area contributed by atoms with Crippen LogP contribution in [-0.2, 0) is 9.53 Å². The SMILES string of the molecule is Cl.O=C(CCN1CCNCC1)N1CCC2(CC1)[C@H](O)C[C@@H]2OCCO. The maximum Gasteiger partial charge on any atom is 0.223 e. The molecule has 2 aliphatic heterocycles. The number of aliphatic hydroxyl groups is 2. The number of nitrogens with one attached hydrogen (secondary N) is 1. The van der Waals surface area contributed by atoms with Crippen LogP contribution >= 0.6 is 12.4 Å². The number of hydrogen-bond acceptors (Lipinski definition) is 6. The Hall–Kier alpha value is -0.440. The zero-order valence-corrected chi connectivity index (χ0v) is 15.7. The Morgan fingerprint density at radius 1 is 1.20 bits per heavy atom. The first kappa shape index (κ1) is 20.9. The van der Waals surface area contributed by atoms with E-state index in [0.29, 0.717) is 32.5 Å². The van der Waals surface area contributed by atoms with E-state index in [1.807, 2.05) is 4.90 Å². The third-order valence-electron chi connectivity index (χ3n) is 6.05. The molecular weight excluding hydrogens is 346 g/mol. The van der Waals surface area contributed by atoms with E-state index in [2.05, 4.69) is 10.2 Å². The Morgan fingerprint density at radius 3 is 2.48 bits per heavy atom. The Kier molecular flexibility index (Phi) is 7.91. The smallest absolute Gasteiger partial charge is 0.223 e. The molecule has 0 aromatic carbocycles. The molecule has 8 heteroatoms. The lowest BCUT2D eigenvalue weighted by Crippen LogP contribution is -2.63. The summed E-state index contributed by atoms with van der Waals surface area (Å²) < 4.78 is 5.69. The van der Waals surface area contributed by atoms with Gasteiger partial charge in [0, 0.05) is 64.1 Å². The molecule has 25 heavy (non-hydrogen) atoms. The number of amides is 1. The first-order valence-corrected chi connectivity index (χ1v) is 9.27. The van der Waals surface area contributed by atoms with Gasteiger partial charge in [-0.3, -0.25) is 4.79 Å². The van der Waals surface area contributed by atoms with Crippen molar-refractivity contribution in [2.45, 2.75) is 37.9 Å². The van der Waals surface area contributed by atoms with Gasteiger partial charge >= 0.3 is 0 Å². The third kappa shape index (κ3) is 4.64. The second-order valence-corrected chi connectivity index (χ2v) is 7.29. The van der Waals surface area contributed by atoms with Crippen molar-refractivity contribution in [3.05, 3.63) is 0 Å². The highest BCUT2D eigenvalue weighted by Gasteiger charge is 2.56. The predicted molar refractivity (Wildman–Crippen MR) is 96.9 cm³/mol. The number of rotatable bonds is 6. The molecule has 3 aliphatic rings. The van der Waals surface area contributed by atoms with E-state index in [1.165, 1.54) is 0 Å². The summed E-state index contributed by atoms with van der Waals surface area (Å²) in [5, 5.41) is 22.5. The van der Waals surface area contributed by atoms with Gasteiger partial charge in [0.2, 0.25) is 5.91 Å². The zero-order valence-electron chi connectivity index (χ0n) is 14.9. The number of piperidine rings is 1. The lowest BCUT2D eigenvalue weighted by molar-refractivity contribution is -0.213. The summed E-state index contributed by atoms with van der Waals surface area (Å²) in [4.78, 5) is 16.7. The van der Waals surface area contributed by atoms with Gasteiger partial charge in [-0.2, -0.15) is 0 Å². The molecule has 2 atom stereocenters. The lowest BCUT2D eigenvalue weighted by Gasteiger charge is -2.56. The summed E-state index contributed by atoms with van der Waals surface area (Å²) >= 11 is 0. The Bertz CT molecular complexity index is 426. The van der Waals surface area contributed by atoms with Crippen molar-refractivity contribution in [3.8, 4) is 0 Å². The van der Waals surface area contributed by atoms with Crippen LogP contribution in [0.3, 0.4) is 0 Å². The van der Waals surface area contributed by atoms with Crippen LogP contribution in [0, 0.1) is 5.41 Å². The van der Waals surface area contributed by atoms with Gasteiger partial charge in [0.1, 0.15) is 0 Å². The largest absolute Gasteiger partial charge is 0.394 e. The molecule has 1 saturated carbocycles. The van der Waals surface area contributed by atoms with Crippen LogP contribution in [0.1, 0.15) is 25.7 Å². The fraction of sp³-hybridized carbons (Fsp3) is 0.941. The lowest BCUT2D eigenvalue weighted by atomic mass is 9.58. The van der Waals surface area contributed by atoms with Crippen molar-refractivity contribution in [2.24, 2.45) is 5.41 Å². The highest BCUT2D eigenvalue weighted by atomic mass is 35.5. The van der Waals surface area contributed by atoms with Crippen molar-refractivity contribution in [1.82, 2.24) is 15.1 Å². The van der Waals surface area contributed by atoms with Crippen molar-refractivity contribution in [1.29, 1.82) is 0 Å². The van der Waals surface area contributed by atoms with Crippen molar-refractivity contribution < 1.29 is 19.7 Å². The molecular formula is C17H32ClN3O4. The highest BCUT2D eigenvalue weighted by Crippen LogP contribution is 2.50. The molecule has 146 valence electrons. The van der Waals surface area contributed by atoms with E-state index >= 15 is 0 Å². The molecule has 1 amide bonds. The first-order valence-electron chi connectivity index (χ1n) is 9.27. The minimum atomic E-state index is -0.334. The van der Waals surface area contributed by atoms with Crippen LogP contribution < -0.4 is 5.32 Å². The van der Waals surface area contributed by atoms with E-state index < -0.39 is 0 Å². The van der Waals surface area contributed by atoms with Gasteiger partial charge in [-0.1, -0.05) is 0 Å². The van der Waals surface area contributed by atoms with Gasteiger partial charge in [0.05, 0.1) is 25.4 Å². The molecule has 3 fully saturated rings. The van der Waals surface area contributed by atoms with Gasteiger partial charge in [-0.25, -0.2) is 0 Å². The molecule has 0 bridgehead atoms. The predicted octanol–water partition coefficient (Wildman–Crippen LogP) is -0.546. The fourth-order valence-electron chi connectivity index (χ4n) is 4.33. The van der Waals surface area contributed by atoms with Gasteiger partial charge in [-0.15, -0.1) is 12.4 Å². The number of nitrogens with zero attached hydrogens (tertiary/aromatic N) is 2. The number of piperazine rings is 1. The van der Waals surface area contributed by atoms with Gasteiger partial charge < -0.3 is 30.1 Å². The molecule has 2 heterocycles. The molecule has 0 aromatic rings. The van der Waals surface area contributed by atoms with E-state index in [-0.39, 0.29) is 42.5 Å². The Balaban J connectivity index is 0.00000225. The molecule has 1 aliphatic carbocycles. The maximum absolute atomic E-state index is 12.5. The van der Waals surface area contributed by atoms with Crippen LogP contribution in [0.4, 0.5) is 0 Å². The van der Waals surface area contributed by atoms with Crippen LogP contribution in [-0.4, -0.2) is 97.2 Å². The van der Waals surface area contributed by atoms with E-state index in [4.69, 9.17) is 9.84 Å². The highest BCUT2D eigenvalue weighted by molar-refractivity contribution is 5.85. The number of halogens is 1. The molecule has 3 N–H and O–H groups in total. The number of aliphatic hydroxyl groups excluding tert-OH is 2. The molecule has 3 rings (SSSR count). The molecule has 1 spiro atoms.